The molecule has 1 aromatic heterocycles. The third kappa shape index (κ3) is 4.53. The number of nitrogens with one attached hydrogen (secondary N) is 1. The summed E-state index contributed by atoms with van der Waals surface area (Å²) in [6.45, 7) is 0.959. The summed E-state index contributed by atoms with van der Waals surface area (Å²) in [6, 6.07) is 13.3. The van der Waals surface area contributed by atoms with Gasteiger partial charge < -0.3 is 14.8 Å². The van der Waals surface area contributed by atoms with Crippen LogP contribution in [0.3, 0.4) is 0 Å². The second kappa shape index (κ2) is 9.49. The molecular weight excluding hydrogens is 455 g/mol. The Kier molecular flexibility index (Phi) is 6.72. The van der Waals surface area contributed by atoms with Gasteiger partial charge in [0.1, 0.15) is 0 Å². The lowest BCUT2D eigenvalue weighted by Crippen LogP contribution is -2.41. The van der Waals surface area contributed by atoms with Gasteiger partial charge in [-0.05, 0) is 53.3 Å². The highest BCUT2D eigenvalue weighted by Crippen LogP contribution is 2.42. The van der Waals surface area contributed by atoms with Crippen LogP contribution in [0.2, 0.25) is 10.0 Å². The third-order valence-electron chi connectivity index (χ3n) is 5.36. The van der Waals surface area contributed by atoms with Crippen molar-refractivity contribution in [3.05, 3.63) is 73.9 Å². The Morgan fingerprint density at radius 3 is 2.65 bits per heavy atom. The van der Waals surface area contributed by atoms with Crippen LogP contribution in [-0.4, -0.2) is 38.1 Å². The number of fused-ring (bicyclic) bond motifs is 1. The van der Waals surface area contributed by atoms with Gasteiger partial charge in [-0.15, -0.1) is 11.3 Å². The van der Waals surface area contributed by atoms with E-state index >= 15 is 0 Å². The van der Waals surface area contributed by atoms with Crippen molar-refractivity contribution in [3.63, 3.8) is 0 Å². The molecule has 1 atom stereocenters. The van der Waals surface area contributed by atoms with Crippen LogP contribution in [-0.2, 0) is 11.2 Å². The van der Waals surface area contributed by atoms with Crippen LogP contribution in [0.25, 0.3) is 0 Å². The van der Waals surface area contributed by atoms with Crippen molar-refractivity contribution in [2.24, 2.45) is 0 Å². The number of thiophene rings is 1. The summed E-state index contributed by atoms with van der Waals surface area (Å²) in [6.07, 6.45) is 0.808. The first-order valence-electron chi connectivity index (χ1n) is 9.78. The second-order valence-electron chi connectivity index (χ2n) is 7.19. The maximum Gasteiger partial charge on any atom is 0.238 e. The first kappa shape index (κ1) is 22.0. The van der Waals surface area contributed by atoms with Crippen molar-refractivity contribution in [2.75, 3.05) is 32.6 Å². The summed E-state index contributed by atoms with van der Waals surface area (Å²) in [4.78, 5) is 16.2. The van der Waals surface area contributed by atoms with Crippen molar-refractivity contribution >= 4 is 46.1 Å². The highest BCUT2D eigenvalue weighted by molar-refractivity contribution is 7.10. The van der Waals surface area contributed by atoms with E-state index in [9.17, 15) is 4.79 Å². The molecule has 8 heteroatoms. The zero-order valence-electron chi connectivity index (χ0n) is 17.2. The summed E-state index contributed by atoms with van der Waals surface area (Å²) in [7, 11) is 3.27. The summed E-state index contributed by atoms with van der Waals surface area (Å²) >= 11 is 14.0. The number of anilines is 1. The minimum Gasteiger partial charge on any atom is -0.493 e. The van der Waals surface area contributed by atoms with Crippen LogP contribution in [0, 0.1) is 0 Å². The van der Waals surface area contributed by atoms with Gasteiger partial charge in [-0.2, -0.15) is 0 Å². The Morgan fingerprint density at radius 2 is 1.94 bits per heavy atom. The predicted octanol–water partition coefficient (Wildman–Crippen LogP) is 5.66. The van der Waals surface area contributed by atoms with Crippen molar-refractivity contribution < 1.29 is 14.3 Å². The van der Waals surface area contributed by atoms with Crippen LogP contribution < -0.4 is 14.8 Å². The maximum atomic E-state index is 12.9. The largest absolute Gasteiger partial charge is 0.493 e. The van der Waals surface area contributed by atoms with E-state index in [4.69, 9.17) is 32.7 Å². The molecular formula is C23H22Cl2N2O3S. The normalized spacial score (nSPS) is 15.9. The van der Waals surface area contributed by atoms with E-state index in [-0.39, 0.29) is 18.5 Å². The van der Waals surface area contributed by atoms with E-state index in [0.717, 1.165) is 18.5 Å². The number of amides is 1. The molecule has 1 aliphatic rings. The molecule has 1 aliphatic heterocycles. The number of ether oxygens (including phenoxy) is 2. The molecule has 1 amide bonds. The van der Waals surface area contributed by atoms with Gasteiger partial charge in [0, 0.05) is 11.4 Å². The molecule has 0 saturated carbocycles. The minimum absolute atomic E-state index is 0.0517. The van der Waals surface area contributed by atoms with Crippen LogP contribution in [0.5, 0.6) is 11.5 Å². The molecule has 0 bridgehead atoms. The van der Waals surface area contributed by atoms with Crippen LogP contribution >= 0.6 is 34.5 Å². The number of methoxy groups -OCH3 is 2. The second-order valence-corrected chi connectivity index (χ2v) is 8.96. The number of nitrogens with zero attached hydrogens (tertiary/aromatic N) is 1. The van der Waals surface area contributed by atoms with Gasteiger partial charge in [-0.25, -0.2) is 0 Å². The molecule has 2 heterocycles. The lowest BCUT2D eigenvalue weighted by molar-refractivity contribution is -0.117. The fourth-order valence-corrected chi connectivity index (χ4v) is 5.15. The minimum atomic E-state index is -0.144. The van der Waals surface area contributed by atoms with E-state index in [2.05, 4.69) is 16.3 Å². The number of rotatable bonds is 6. The molecule has 2 aromatic carbocycles. The van der Waals surface area contributed by atoms with E-state index in [1.165, 1.54) is 10.4 Å². The van der Waals surface area contributed by atoms with Gasteiger partial charge in [0.2, 0.25) is 5.91 Å². The molecule has 0 spiro atoms. The lowest BCUT2D eigenvalue weighted by atomic mass is 9.91. The van der Waals surface area contributed by atoms with Gasteiger partial charge in [-0.1, -0.05) is 35.3 Å². The predicted molar refractivity (Wildman–Crippen MR) is 126 cm³/mol. The Morgan fingerprint density at radius 1 is 1.16 bits per heavy atom. The first-order chi connectivity index (χ1) is 15.0. The number of benzene rings is 2. The van der Waals surface area contributed by atoms with Gasteiger partial charge in [0.25, 0.3) is 0 Å². The molecule has 0 aliphatic carbocycles. The number of hydrogen-bond acceptors (Lipinski definition) is 5. The summed E-state index contributed by atoms with van der Waals surface area (Å²) in [5.41, 5.74) is 2.83. The standard InChI is InChI=1S/C23H22Cl2N2O3S/c1-29-18-11-14-8-9-27(13-21(28)26-17-6-3-5-16(24)22(17)25)23(20-7-4-10-31-20)15(14)12-19(18)30-2/h3-7,10-12,23H,8-9,13H2,1-2H3,(H,26,28)/t23-/m0/s1. The average Bonchev–Trinajstić information content (AvgIpc) is 3.30. The Bertz CT molecular complexity index is 1090. The number of carbonyl (C=O) groups is 1. The summed E-state index contributed by atoms with van der Waals surface area (Å²) in [5, 5.41) is 5.69. The first-order valence-corrected chi connectivity index (χ1v) is 11.4. The van der Waals surface area contributed by atoms with Gasteiger partial charge in [0.05, 0.1) is 42.5 Å². The van der Waals surface area contributed by atoms with Crippen molar-refractivity contribution in [1.82, 2.24) is 4.90 Å². The molecule has 0 saturated heterocycles. The van der Waals surface area contributed by atoms with Gasteiger partial charge >= 0.3 is 0 Å². The number of carbonyl (C=O) groups excluding carboxylic acids is 1. The van der Waals surface area contributed by atoms with Gasteiger partial charge in [0.15, 0.2) is 11.5 Å². The zero-order valence-corrected chi connectivity index (χ0v) is 19.5. The highest BCUT2D eigenvalue weighted by Gasteiger charge is 2.32. The molecule has 5 nitrogen and oxygen atoms in total. The third-order valence-corrected chi connectivity index (χ3v) is 7.10. The quantitative estimate of drug-likeness (QED) is 0.498. The monoisotopic (exact) mass is 476 g/mol. The van der Waals surface area contributed by atoms with Gasteiger partial charge in [-0.3, -0.25) is 9.69 Å². The number of halogens is 2. The molecule has 0 radical (unpaired) electrons. The van der Waals surface area contributed by atoms with Crippen LogP contribution in [0.4, 0.5) is 5.69 Å². The molecule has 162 valence electrons. The molecule has 3 aromatic rings. The summed E-state index contributed by atoms with van der Waals surface area (Å²) < 4.78 is 11.0. The smallest absolute Gasteiger partial charge is 0.238 e. The summed E-state index contributed by atoms with van der Waals surface area (Å²) in [5.74, 6) is 1.25. The molecule has 1 N–H and O–H groups in total. The molecule has 4 rings (SSSR count). The van der Waals surface area contributed by atoms with E-state index < -0.39 is 0 Å². The van der Waals surface area contributed by atoms with E-state index in [1.807, 2.05) is 23.6 Å². The molecule has 0 fully saturated rings. The van der Waals surface area contributed by atoms with Crippen LogP contribution in [0.1, 0.15) is 22.0 Å². The fourth-order valence-electron chi connectivity index (χ4n) is 3.92. The van der Waals surface area contributed by atoms with Crippen LogP contribution in [0.15, 0.2) is 47.8 Å². The Balaban J connectivity index is 1.63. The van der Waals surface area contributed by atoms with E-state index in [1.54, 1.807) is 43.8 Å². The maximum absolute atomic E-state index is 12.9. The fraction of sp³-hybridized carbons (Fsp3) is 0.261. The Labute approximate surface area is 195 Å². The number of hydrogen-bond donors (Lipinski definition) is 1. The lowest BCUT2D eigenvalue weighted by Gasteiger charge is -2.37. The molecule has 31 heavy (non-hydrogen) atoms. The van der Waals surface area contributed by atoms with Crippen molar-refractivity contribution in [2.45, 2.75) is 12.5 Å². The van der Waals surface area contributed by atoms with Crippen molar-refractivity contribution in [3.8, 4) is 11.5 Å². The SMILES string of the molecule is COc1cc2c(cc1OC)[C@@H](c1cccs1)N(CC(=O)Nc1cccc(Cl)c1Cl)CC2. The highest BCUT2D eigenvalue weighted by atomic mass is 35.5. The zero-order chi connectivity index (χ0) is 22.0. The topological polar surface area (TPSA) is 50.8 Å². The van der Waals surface area contributed by atoms with E-state index in [0.29, 0.717) is 27.2 Å². The Hall–Kier alpha value is -2.25. The molecule has 0 unspecified atom stereocenters. The average molecular weight is 477 g/mol. The van der Waals surface area contributed by atoms with Crippen molar-refractivity contribution in [1.29, 1.82) is 0 Å².